The number of hydrogen-bond acceptors (Lipinski definition) is 2. The predicted molar refractivity (Wildman–Crippen MR) is 54.8 cm³/mol. The van der Waals surface area contributed by atoms with Crippen molar-refractivity contribution in [3.8, 4) is 5.75 Å². The third kappa shape index (κ3) is 1.46. The highest BCUT2D eigenvalue weighted by atomic mass is 35.5. The minimum atomic E-state index is 0.704. The first kappa shape index (κ1) is 8.70. The van der Waals surface area contributed by atoms with Gasteiger partial charge in [-0.05, 0) is 19.1 Å². The van der Waals surface area contributed by atoms with Crippen molar-refractivity contribution < 1.29 is 4.74 Å². The molecule has 0 atom stereocenters. The van der Waals surface area contributed by atoms with Gasteiger partial charge < -0.3 is 9.64 Å². The number of para-hydroxylation sites is 1. The van der Waals surface area contributed by atoms with Crippen LogP contribution in [-0.4, -0.2) is 19.7 Å². The van der Waals surface area contributed by atoms with E-state index in [-0.39, 0.29) is 0 Å². The molecule has 70 valence electrons. The van der Waals surface area contributed by atoms with Crippen molar-refractivity contribution in [3.63, 3.8) is 0 Å². The molecular formula is C10H12ClNO. The molecule has 0 unspecified atom stereocenters. The lowest BCUT2D eigenvalue weighted by molar-refractivity contribution is 0.308. The second-order valence-electron chi connectivity index (χ2n) is 3.02. The normalized spacial score (nSPS) is 15.1. The molecule has 1 aromatic carbocycles. The summed E-state index contributed by atoms with van der Waals surface area (Å²) in [7, 11) is 0. The first-order valence-corrected chi connectivity index (χ1v) is 4.87. The van der Waals surface area contributed by atoms with Crippen LogP contribution in [0, 0.1) is 0 Å². The van der Waals surface area contributed by atoms with E-state index in [2.05, 4.69) is 11.8 Å². The molecule has 1 aromatic rings. The zero-order chi connectivity index (χ0) is 9.26. The summed E-state index contributed by atoms with van der Waals surface area (Å²) in [4.78, 5) is 2.27. The van der Waals surface area contributed by atoms with Crippen molar-refractivity contribution in [2.45, 2.75) is 6.92 Å². The summed E-state index contributed by atoms with van der Waals surface area (Å²) in [6.45, 7) is 4.81. The second-order valence-corrected chi connectivity index (χ2v) is 3.42. The van der Waals surface area contributed by atoms with E-state index in [1.807, 2.05) is 18.2 Å². The fourth-order valence-corrected chi connectivity index (χ4v) is 1.82. The molecule has 0 saturated heterocycles. The number of likely N-dealkylation sites (N-methyl/N-ethyl adjacent to an activating group) is 1. The molecule has 1 aliphatic heterocycles. The fourth-order valence-electron chi connectivity index (χ4n) is 1.60. The van der Waals surface area contributed by atoms with Gasteiger partial charge in [-0.15, -0.1) is 0 Å². The highest BCUT2D eigenvalue weighted by Gasteiger charge is 2.18. The number of nitrogens with zero attached hydrogens (tertiary/aromatic N) is 1. The predicted octanol–water partition coefficient (Wildman–Crippen LogP) is 2.56. The van der Waals surface area contributed by atoms with Gasteiger partial charge in [0.05, 0.1) is 17.3 Å². The van der Waals surface area contributed by atoms with Crippen molar-refractivity contribution in [1.82, 2.24) is 0 Å². The summed E-state index contributed by atoms with van der Waals surface area (Å²) < 4.78 is 5.51. The monoisotopic (exact) mass is 197 g/mol. The number of hydrogen-bond donors (Lipinski definition) is 0. The fraction of sp³-hybridized carbons (Fsp3) is 0.400. The van der Waals surface area contributed by atoms with E-state index in [1.165, 1.54) is 0 Å². The van der Waals surface area contributed by atoms with Crippen LogP contribution in [0.1, 0.15) is 6.92 Å². The number of halogens is 1. The van der Waals surface area contributed by atoms with E-state index < -0.39 is 0 Å². The van der Waals surface area contributed by atoms with Crippen LogP contribution in [0.15, 0.2) is 18.2 Å². The average molecular weight is 198 g/mol. The van der Waals surface area contributed by atoms with E-state index in [0.29, 0.717) is 5.02 Å². The second kappa shape index (κ2) is 3.46. The maximum absolute atomic E-state index is 6.01. The molecule has 2 rings (SSSR count). The number of ether oxygens (including phenoxy) is 1. The minimum absolute atomic E-state index is 0.704. The Kier molecular flexibility index (Phi) is 2.32. The Bertz CT molecular complexity index is 314. The number of anilines is 1. The van der Waals surface area contributed by atoms with Crippen molar-refractivity contribution in [2.75, 3.05) is 24.6 Å². The number of rotatable bonds is 1. The van der Waals surface area contributed by atoms with E-state index in [0.717, 1.165) is 31.1 Å². The molecule has 0 spiro atoms. The molecular weight excluding hydrogens is 186 g/mol. The highest BCUT2D eigenvalue weighted by Crippen LogP contribution is 2.37. The van der Waals surface area contributed by atoms with Gasteiger partial charge in [0.2, 0.25) is 0 Å². The summed E-state index contributed by atoms with van der Waals surface area (Å²) in [5.74, 6) is 0.831. The third-order valence-electron chi connectivity index (χ3n) is 2.28. The molecule has 3 heteroatoms. The van der Waals surface area contributed by atoms with Crippen LogP contribution in [0.25, 0.3) is 0 Å². The molecule has 0 amide bonds. The largest absolute Gasteiger partial charge is 0.488 e. The van der Waals surface area contributed by atoms with Gasteiger partial charge in [0, 0.05) is 6.54 Å². The third-order valence-corrected chi connectivity index (χ3v) is 2.57. The molecule has 0 fully saturated rings. The van der Waals surface area contributed by atoms with Crippen LogP contribution in [0.4, 0.5) is 5.69 Å². The van der Waals surface area contributed by atoms with Crippen molar-refractivity contribution in [1.29, 1.82) is 0 Å². The molecule has 2 nitrogen and oxygen atoms in total. The molecule has 0 saturated carbocycles. The maximum atomic E-state index is 6.01. The van der Waals surface area contributed by atoms with E-state index >= 15 is 0 Å². The van der Waals surface area contributed by atoms with Crippen molar-refractivity contribution in [3.05, 3.63) is 23.2 Å². The van der Waals surface area contributed by atoms with Crippen LogP contribution in [0.3, 0.4) is 0 Å². The molecule has 0 radical (unpaired) electrons. The Labute approximate surface area is 83.1 Å². The van der Waals surface area contributed by atoms with Crippen LogP contribution in [-0.2, 0) is 0 Å². The molecule has 0 bridgehead atoms. The first-order chi connectivity index (χ1) is 6.33. The summed E-state index contributed by atoms with van der Waals surface area (Å²) in [6.07, 6.45) is 0. The summed E-state index contributed by atoms with van der Waals surface area (Å²) in [5.41, 5.74) is 1.11. The standard InChI is InChI=1S/C10H12ClNO/c1-2-12-6-7-13-10-8(11)4-3-5-9(10)12/h3-5H,2,6-7H2,1H3. The smallest absolute Gasteiger partial charge is 0.161 e. The lowest BCUT2D eigenvalue weighted by Gasteiger charge is -2.30. The summed E-state index contributed by atoms with van der Waals surface area (Å²) in [5, 5.41) is 0.704. The Morgan fingerprint density at radius 3 is 3.15 bits per heavy atom. The Hall–Kier alpha value is -0.890. The van der Waals surface area contributed by atoms with Gasteiger partial charge in [-0.1, -0.05) is 17.7 Å². The quantitative estimate of drug-likeness (QED) is 0.686. The lowest BCUT2D eigenvalue weighted by atomic mass is 10.2. The van der Waals surface area contributed by atoms with Crippen molar-refractivity contribution >= 4 is 17.3 Å². The topological polar surface area (TPSA) is 12.5 Å². The Balaban J connectivity index is 2.45. The minimum Gasteiger partial charge on any atom is -0.488 e. The van der Waals surface area contributed by atoms with E-state index in [4.69, 9.17) is 16.3 Å². The lowest BCUT2D eigenvalue weighted by Crippen LogP contribution is -2.32. The molecule has 1 aliphatic rings. The van der Waals surface area contributed by atoms with Gasteiger partial charge >= 0.3 is 0 Å². The molecule has 1 heterocycles. The first-order valence-electron chi connectivity index (χ1n) is 4.49. The summed E-state index contributed by atoms with van der Waals surface area (Å²) >= 11 is 6.01. The zero-order valence-corrected chi connectivity index (χ0v) is 8.34. The van der Waals surface area contributed by atoms with Crippen LogP contribution in [0.2, 0.25) is 5.02 Å². The average Bonchev–Trinajstić information content (AvgIpc) is 2.18. The van der Waals surface area contributed by atoms with Crippen molar-refractivity contribution in [2.24, 2.45) is 0 Å². The van der Waals surface area contributed by atoms with Gasteiger partial charge in [-0.3, -0.25) is 0 Å². The van der Waals surface area contributed by atoms with Gasteiger partial charge in [-0.2, -0.15) is 0 Å². The van der Waals surface area contributed by atoms with Crippen LogP contribution in [0.5, 0.6) is 5.75 Å². The van der Waals surface area contributed by atoms with Gasteiger partial charge in [0.15, 0.2) is 5.75 Å². The SMILES string of the molecule is CCN1CCOc2c(Cl)cccc21. The number of fused-ring (bicyclic) bond motifs is 1. The Morgan fingerprint density at radius 1 is 1.54 bits per heavy atom. The van der Waals surface area contributed by atoms with E-state index in [1.54, 1.807) is 0 Å². The zero-order valence-electron chi connectivity index (χ0n) is 7.59. The highest BCUT2D eigenvalue weighted by molar-refractivity contribution is 6.32. The maximum Gasteiger partial charge on any atom is 0.161 e. The van der Waals surface area contributed by atoms with Crippen LogP contribution < -0.4 is 9.64 Å². The molecule has 13 heavy (non-hydrogen) atoms. The molecule has 0 N–H and O–H groups in total. The summed E-state index contributed by atoms with van der Waals surface area (Å²) in [6, 6.07) is 5.86. The Morgan fingerprint density at radius 2 is 2.38 bits per heavy atom. The van der Waals surface area contributed by atoms with Gasteiger partial charge in [0.1, 0.15) is 6.61 Å². The van der Waals surface area contributed by atoms with Gasteiger partial charge in [-0.25, -0.2) is 0 Å². The number of benzene rings is 1. The molecule has 0 aromatic heterocycles. The molecule has 0 aliphatic carbocycles. The van der Waals surface area contributed by atoms with Crippen LogP contribution >= 0.6 is 11.6 Å². The van der Waals surface area contributed by atoms with Gasteiger partial charge in [0.25, 0.3) is 0 Å². The van der Waals surface area contributed by atoms with E-state index in [9.17, 15) is 0 Å².